The van der Waals surface area contributed by atoms with Gasteiger partial charge in [-0.15, -0.1) is 0 Å². The van der Waals surface area contributed by atoms with Crippen LogP contribution in [0.1, 0.15) is 99.0 Å². The molecule has 3 aromatic rings. The maximum atomic E-state index is 13.6. The van der Waals surface area contributed by atoms with Gasteiger partial charge in [-0.05, 0) is 129 Å². The summed E-state index contributed by atoms with van der Waals surface area (Å²) in [6, 6.07) is 9.79. The van der Waals surface area contributed by atoms with Crippen molar-refractivity contribution in [1.82, 2.24) is 25.5 Å². The van der Waals surface area contributed by atoms with Crippen molar-refractivity contribution in [1.29, 1.82) is 5.41 Å². The minimum Gasteiger partial charge on any atom is -0.382 e. The number of piperazine rings is 1. The van der Waals surface area contributed by atoms with Crippen molar-refractivity contribution in [2.24, 2.45) is 27.6 Å². The summed E-state index contributed by atoms with van der Waals surface area (Å²) in [7, 11) is 0. The van der Waals surface area contributed by atoms with E-state index in [-0.39, 0.29) is 35.4 Å². The van der Waals surface area contributed by atoms with Crippen molar-refractivity contribution in [3.63, 3.8) is 0 Å². The Bertz CT molecular complexity index is 2090. The number of pyridine rings is 2. The van der Waals surface area contributed by atoms with E-state index in [1.807, 2.05) is 58.2 Å². The van der Waals surface area contributed by atoms with Crippen LogP contribution in [0, 0.1) is 46.8 Å². The van der Waals surface area contributed by atoms with Gasteiger partial charge in [0.2, 0.25) is 5.91 Å². The molecular formula is C44H58N8O3. The lowest BCUT2D eigenvalue weighted by Gasteiger charge is -2.78. The van der Waals surface area contributed by atoms with Gasteiger partial charge >= 0.3 is 0 Å². The molecule has 55 heavy (non-hydrogen) atoms. The number of benzene rings is 1. The van der Waals surface area contributed by atoms with Crippen LogP contribution in [-0.2, 0) is 11.3 Å². The molecule has 5 atom stereocenters. The van der Waals surface area contributed by atoms with Gasteiger partial charge in [-0.1, -0.05) is 13.8 Å². The van der Waals surface area contributed by atoms with Crippen molar-refractivity contribution in [3.8, 4) is 11.1 Å². The molecule has 5 aliphatic rings. The fourth-order valence-corrected chi connectivity index (χ4v) is 12.6. The van der Waals surface area contributed by atoms with Gasteiger partial charge in [-0.2, -0.15) is 0 Å². The minimum atomic E-state index is -0.360. The lowest BCUT2D eigenvalue weighted by molar-refractivity contribution is -0.294. The van der Waals surface area contributed by atoms with Crippen LogP contribution in [0.2, 0.25) is 0 Å². The molecular weight excluding hydrogens is 689 g/mol. The lowest BCUT2D eigenvalue weighted by Crippen LogP contribution is -2.72. The van der Waals surface area contributed by atoms with Gasteiger partial charge in [0.15, 0.2) is 0 Å². The first-order chi connectivity index (χ1) is 26.2. The van der Waals surface area contributed by atoms with Crippen molar-refractivity contribution in [2.75, 3.05) is 49.5 Å². The molecule has 1 aromatic carbocycles. The number of nitrogens with zero attached hydrogens (tertiary/aromatic N) is 3. The first kappa shape index (κ1) is 37.4. The largest absolute Gasteiger partial charge is 0.382 e. The highest BCUT2D eigenvalue weighted by atomic mass is 16.2. The second-order valence-corrected chi connectivity index (χ2v) is 18.6. The first-order valence-corrected chi connectivity index (χ1v) is 20.3. The third kappa shape index (κ3) is 6.26. The number of amides is 2. The van der Waals surface area contributed by atoms with Gasteiger partial charge in [0.25, 0.3) is 11.5 Å². The highest BCUT2D eigenvalue weighted by molar-refractivity contribution is 6.06. The molecule has 4 saturated carbocycles. The highest BCUT2D eigenvalue weighted by Crippen LogP contribution is 2.94. The minimum absolute atomic E-state index is 0.0771. The average molecular weight is 747 g/mol. The molecule has 8 rings (SSSR count). The SMILES string of the molecule is Cc1cc(C)c(CNC(=O)c2cc(-c3ccc(N4CCN(CCNC(=O)CC56CC7CC8(C)CC(C)(C5)CC786)CC4)nc3)cc(NC(C)C)c2C=N)c(=O)[nH]1. The van der Waals surface area contributed by atoms with E-state index in [4.69, 9.17) is 10.4 Å². The van der Waals surface area contributed by atoms with Crippen LogP contribution >= 0.6 is 0 Å². The Morgan fingerprint density at radius 2 is 1.80 bits per heavy atom. The normalized spacial score (nSPS) is 29.0. The molecule has 1 aliphatic heterocycles. The molecule has 3 heterocycles. The molecule has 4 aliphatic carbocycles. The van der Waals surface area contributed by atoms with E-state index in [0.717, 1.165) is 73.3 Å². The van der Waals surface area contributed by atoms with Crippen LogP contribution in [0.4, 0.5) is 11.5 Å². The van der Waals surface area contributed by atoms with Crippen LogP contribution in [0.25, 0.3) is 11.1 Å². The molecule has 5 fully saturated rings. The number of carbonyl (C=O) groups excluding carboxylic acids is 2. The fourth-order valence-electron chi connectivity index (χ4n) is 12.6. The molecule has 5 unspecified atom stereocenters. The topological polar surface area (TPSA) is 146 Å². The number of fused-ring (bicyclic) bond motifs is 1. The van der Waals surface area contributed by atoms with Gasteiger partial charge in [-0.25, -0.2) is 4.98 Å². The van der Waals surface area contributed by atoms with E-state index in [1.54, 1.807) is 6.07 Å². The van der Waals surface area contributed by atoms with E-state index in [9.17, 15) is 14.4 Å². The number of hydrogen-bond donors (Lipinski definition) is 5. The Morgan fingerprint density at radius 3 is 2.45 bits per heavy atom. The number of aromatic nitrogens is 2. The Balaban J connectivity index is 0.867. The number of H-pyrrole nitrogens is 1. The summed E-state index contributed by atoms with van der Waals surface area (Å²) in [6.45, 7) is 17.9. The Kier molecular flexibility index (Phi) is 9.25. The Hall–Kier alpha value is -4.51. The standard InChI is InChI=1S/C44H58N8O3/c1-27(2)49-36-17-31(16-33(34(36)21-45)39(54)48-23-35-28(3)15-29(4)50-40(35)55)30-7-8-37(47-22-30)52-13-11-51(12-14-52)10-9-46-38(53)20-43-19-32-18-42(6)24-41(5,25-43)26-44(32,42)43/h7-8,15-17,21-22,27,32,45,49H,9-14,18-20,23-26H2,1-6H3,(H,46,53)(H,48,54)(H,50,55). The number of carbonyl (C=O) groups is 2. The Morgan fingerprint density at radius 1 is 1.02 bits per heavy atom. The smallest absolute Gasteiger partial charge is 0.253 e. The molecule has 0 radical (unpaired) electrons. The maximum Gasteiger partial charge on any atom is 0.253 e. The molecule has 2 amide bonds. The molecule has 2 aromatic heterocycles. The zero-order chi connectivity index (χ0) is 38.9. The van der Waals surface area contributed by atoms with Crippen LogP contribution in [0.15, 0.2) is 41.3 Å². The van der Waals surface area contributed by atoms with Gasteiger partial charge in [0, 0.05) is 98.8 Å². The third-order valence-corrected chi connectivity index (χ3v) is 14.3. The van der Waals surface area contributed by atoms with Crippen molar-refractivity contribution < 1.29 is 9.59 Å². The monoisotopic (exact) mass is 746 g/mol. The van der Waals surface area contributed by atoms with E-state index in [0.29, 0.717) is 45.2 Å². The number of nitrogens with one attached hydrogen (secondary N) is 5. The summed E-state index contributed by atoms with van der Waals surface area (Å²) < 4.78 is 0. The third-order valence-electron chi connectivity index (χ3n) is 14.3. The van der Waals surface area contributed by atoms with Gasteiger partial charge < -0.3 is 31.2 Å². The summed E-state index contributed by atoms with van der Waals surface area (Å²) in [6.07, 6.45) is 10.4. The average Bonchev–Trinajstić information content (AvgIpc) is 3.49. The molecule has 1 spiro atoms. The molecule has 5 N–H and O–H groups in total. The second-order valence-electron chi connectivity index (χ2n) is 18.6. The molecule has 2 bridgehead atoms. The molecule has 292 valence electrons. The zero-order valence-electron chi connectivity index (χ0n) is 33.5. The zero-order valence-corrected chi connectivity index (χ0v) is 33.5. The quantitative estimate of drug-likeness (QED) is 0.134. The van der Waals surface area contributed by atoms with Crippen LogP contribution in [-0.4, -0.2) is 78.2 Å². The second kappa shape index (κ2) is 13.6. The summed E-state index contributed by atoms with van der Waals surface area (Å²) in [5.74, 6) is 1.67. The number of hydrogen-bond acceptors (Lipinski definition) is 8. The summed E-state index contributed by atoms with van der Waals surface area (Å²) >= 11 is 0. The number of aryl methyl sites for hydroxylation is 2. The van der Waals surface area contributed by atoms with E-state index in [2.05, 4.69) is 44.6 Å². The number of aromatic amines is 1. The van der Waals surface area contributed by atoms with E-state index < -0.39 is 0 Å². The van der Waals surface area contributed by atoms with Crippen LogP contribution in [0.3, 0.4) is 0 Å². The van der Waals surface area contributed by atoms with Crippen molar-refractivity contribution in [2.45, 2.75) is 92.7 Å². The summed E-state index contributed by atoms with van der Waals surface area (Å²) in [4.78, 5) is 51.9. The van der Waals surface area contributed by atoms with Gasteiger partial charge in [0.1, 0.15) is 5.82 Å². The number of anilines is 2. The molecule has 11 heteroatoms. The number of rotatable bonds is 13. The predicted octanol–water partition coefficient (Wildman–Crippen LogP) is 6.04. The highest BCUT2D eigenvalue weighted by Gasteiger charge is 2.86. The van der Waals surface area contributed by atoms with Gasteiger partial charge in [-0.3, -0.25) is 19.3 Å². The summed E-state index contributed by atoms with van der Waals surface area (Å²) in [5.41, 5.74) is 6.70. The van der Waals surface area contributed by atoms with Crippen molar-refractivity contribution in [3.05, 3.63) is 74.8 Å². The summed E-state index contributed by atoms with van der Waals surface area (Å²) in [5, 5.41) is 17.8. The molecule has 11 nitrogen and oxygen atoms in total. The van der Waals surface area contributed by atoms with Crippen LogP contribution in [0.5, 0.6) is 0 Å². The van der Waals surface area contributed by atoms with E-state index >= 15 is 0 Å². The fraction of sp³-hybridized carbons (Fsp3) is 0.568. The van der Waals surface area contributed by atoms with E-state index in [1.165, 1.54) is 38.3 Å². The van der Waals surface area contributed by atoms with Crippen molar-refractivity contribution >= 4 is 29.5 Å². The predicted molar refractivity (Wildman–Crippen MR) is 218 cm³/mol. The lowest BCUT2D eigenvalue weighted by atomic mass is 9.26. The molecule has 1 saturated heterocycles. The van der Waals surface area contributed by atoms with Crippen LogP contribution < -0.4 is 26.4 Å². The maximum absolute atomic E-state index is 13.6. The first-order valence-electron chi connectivity index (χ1n) is 20.3. The Labute approximate surface area is 325 Å². The van der Waals surface area contributed by atoms with Gasteiger partial charge in [0.05, 0.1) is 5.56 Å².